The minimum Gasteiger partial charge on any atom is -0.489 e. The van der Waals surface area contributed by atoms with Gasteiger partial charge >= 0.3 is 0 Å². The minimum absolute atomic E-state index is 0.0676. The van der Waals surface area contributed by atoms with Crippen molar-refractivity contribution in [1.29, 1.82) is 0 Å². The van der Waals surface area contributed by atoms with Crippen LogP contribution in [0.5, 0.6) is 5.75 Å². The van der Waals surface area contributed by atoms with E-state index in [4.69, 9.17) is 21.3 Å². The van der Waals surface area contributed by atoms with Crippen molar-refractivity contribution >= 4 is 34.5 Å². The van der Waals surface area contributed by atoms with Crippen LogP contribution in [-0.4, -0.2) is 20.7 Å². The Labute approximate surface area is 261 Å². The monoisotopic (exact) mass is 610 g/mol. The number of fused-ring (bicyclic) bond motifs is 1. The first-order valence-electron chi connectivity index (χ1n) is 14.8. The third kappa shape index (κ3) is 6.84. The number of carbonyl (C=O) groups excluding carboxylic acids is 1. The number of thiophene rings is 1. The highest BCUT2D eigenvalue weighted by Crippen LogP contribution is 2.39. The molecule has 2 aromatic carbocycles. The van der Waals surface area contributed by atoms with Crippen LogP contribution < -0.4 is 9.64 Å². The molecule has 3 aromatic heterocycles. The van der Waals surface area contributed by atoms with Gasteiger partial charge in [-0.2, -0.15) is 5.10 Å². The third-order valence-corrected chi connectivity index (χ3v) is 9.13. The van der Waals surface area contributed by atoms with Gasteiger partial charge in [-0.3, -0.25) is 14.5 Å². The standard InChI is InChI=1S/C35H35ClN4O2S/c1-24(2)32-16-14-27(19-37-32)40(21-26-18-38-39(20-26)22-28-15-17-34(36)43-28)35(41)31-12-6-11-30-29(31)10-7-13-33(30)42-23-25-8-4-3-5-9-25/h3-5,7-10,13-20,24,31H,6,11-12,21-23H2,1-2H3. The molecule has 0 bridgehead atoms. The van der Waals surface area contributed by atoms with E-state index in [9.17, 15) is 4.79 Å². The number of ether oxygens (including phenoxy) is 1. The third-order valence-electron chi connectivity index (χ3n) is 7.91. The van der Waals surface area contributed by atoms with E-state index in [-0.39, 0.29) is 11.8 Å². The number of hydrogen-bond acceptors (Lipinski definition) is 5. The second-order valence-electron chi connectivity index (χ2n) is 11.3. The Bertz CT molecular complexity index is 1680. The van der Waals surface area contributed by atoms with Gasteiger partial charge in [0.15, 0.2) is 0 Å². The topological polar surface area (TPSA) is 60.2 Å². The van der Waals surface area contributed by atoms with Crippen LogP contribution in [0.15, 0.2) is 91.4 Å². The molecule has 0 saturated carbocycles. The SMILES string of the molecule is CC(C)c1ccc(N(Cc2cnn(Cc3ccc(Cl)s3)c2)C(=O)C2CCCc3c(OCc4ccccc4)cccc32)cn1. The Hall–Kier alpha value is -3.94. The molecule has 0 radical (unpaired) electrons. The number of pyridine rings is 1. The fourth-order valence-corrected chi connectivity index (χ4v) is 6.76. The van der Waals surface area contributed by atoms with Crippen molar-refractivity contribution in [2.24, 2.45) is 0 Å². The zero-order chi connectivity index (χ0) is 29.8. The van der Waals surface area contributed by atoms with Gasteiger partial charge in [0.25, 0.3) is 0 Å². The smallest absolute Gasteiger partial charge is 0.234 e. The van der Waals surface area contributed by atoms with Gasteiger partial charge in [-0.15, -0.1) is 11.3 Å². The van der Waals surface area contributed by atoms with Crippen molar-refractivity contribution < 1.29 is 9.53 Å². The number of aromatic nitrogens is 3. The quantitative estimate of drug-likeness (QED) is 0.159. The lowest BCUT2D eigenvalue weighted by atomic mass is 9.81. The molecular weight excluding hydrogens is 576 g/mol. The lowest BCUT2D eigenvalue weighted by Gasteiger charge is -2.31. The zero-order valence-electron chi connectivity index (χ0n) is 24.4. The maximum atomic E-state index is 14.5. The van der Waals surface area contributed by atoms with Gasteiger partial charge in [0, 0.05) is 22.3 Å². The van der Waals surface area contributed by atoms with E-state index in [0.29, 0.717) is 25.6 Å². The molecule has 43 heavy (non-hydrogen) atoms. The Kier molecular flexibility index (Phi) is 8.91. The summed E-state index contributed by atoms with van der Waals surface area (Å²) < 4.78 is 8.95. The van der Waals surface area contributed by atoms with Gasteiger partial charge in [0.1, 0.15) is 12.4 Å². The molecular formula is C35H35ClN4O2S. The summed E-state index contributed by atoms with van der Waals surface area (Å²) in [6.07, 6.45) is 8.29. The number of benzene rings is 2. The molecule has 5 aromatic rings. The molecule has 220 valence electrons. The fourth-order valence-electron chi connectivity index (χ4n) is 5.68. The van der Waals surface area contributed by atoms with Crippen LogP contribution in [0, 0.1) is 0 Å². The molecule has 1 aliphatic carbocycles. The maximum absolute atomic E-state index is 14.5. The summed E-state index contributed by atoms with van der Waals surface area (Å²) >= 11 is 7.68. The maximum Gasteiger partial charge on any atom is 0.234 e. The predicted octanol–water partition coefficient (Wildman–Crippen LogP) is 8.40. The van der Waals surface area contributed by atoms with Crippen molar-refractivity contribution in [3.63, 3.8) is 0 Å². The molecule has 1 amide bonds. The number of carbonyl (C=O) groups is 1. The van der Waals surface area contributed by atoms with E-state index in [2.05, 4.69) is 37.1 Å². The largest absolute Gasteiger partial charge is 0.489 e. The summed E-state index contributed by atoms with van der Waals surface area (Å²) in [5.74, 6) is 0.972. The molecule has 0 spiro atoms. The van der Waals surface area contributed by atoms with Gasteiger partial charge < -0.3 is 9.64 Å². The predicted molar refractivity (Wildman–Crippen MR) is 173 cm³/mol. The van der Waals surface area contributed by atoms with Crippen molar-refractivity contribution in [2.45, 2.75) is 64.6 Å². The highest BCUT2D eigenvalue weighted by atomic mass is 35.5. The van der Waals surface area contributed by atoms with Crippen LogP contribution in [0.2, 0.25) is 4.34 Å². The summed E-state index contributed by atoms with van der Waals surface area (Å²) in [5.41, 5.74) is 6.06. The first-order valence-corrected chi connectivity index (χ1v) is 16.0. The molecule has 0 saturated heterocycles. The lowest BCUT2D eigenvalue weighted by molar-refractivity contribution is -0.120. The normalized spacial score (nSPS) is 14.5. The number of rotatable bonds is 10. The van der Waals surface area contributed by atoms with Crippen LogP contribution in [0.1, 0.15) is 71.3 Å². The van der Waals surface area contributed by atoms with Crippen LogP contribution in [-0.2, 0) is 30.9 Å². The first kappa shape index (κ1) is 29.1. The lowest BCUT2D eigenvalue weighted by Crippen LogP contribution is -2.36. The summed E-state index contributed by atoms with van der Waals surface area (Å²) in [4.78, 5) is 22.2. The van der Waals surface area contributed by atoms with Crippen molar-refractivity contribution in [3.05, 3.63) is 129 Å². The highest BCUT2D eigenvalue weighted by molar-refractivity contribution is 7.16. The average molecular weight is 611 g/mol. The van der Waals surface area contributed by atoms with Gasteiger partial charge in [-0.25, -0.2) is 0 Å². The van der Waals surface area contributed by atoms with Crippen LogP contribution in [0.3, 0.4) is 0 Å². The summed E-state index contributed by atoms with van der Waals surface area (Å²) in [6.45, 7) is 5.78. The highest BCUT2D eigenvalue weighted by Gasteiger charge is 2.32. The van der Waals surface area contributed by atoms with E-state index < -0.39 is 0 Å². The number of nitrogens with zero attached hydrogens (tertiary/aromatic N) is 4. The van der Waals surface area contributed by atoms with Crippen LogP contribution in [0.25, 0.3) is 0 Å². The molecule has 6 rings (SSSR count). The van der Waals surface area contributed by atoms with Crippen molar-refractivity contribution in [1.82, 2.24) is 14.8 Å². The van der Waals surface area contributed by atoms with Gasteiger partial charge in [-0.1, -0.05) is 67.9 Å². The van der Waals surface area contributed by atoms with Crippen LogP contribution in [0.4, 0.5) is 5.69 Å². The molecule has 1 unspecified atom stereocenters. The molecule has 0 aliphatic heterocycles. The summed E-state index contributed by atoms with van der Waals surface area (Å²) in [5, 5.41) is 4.58. The van der Waals surface area contributed by atoms with Gasteiger partial charge in [0.05, 0.1) is 41.4 Å². The number of anilines is 1. The van der Waals surface area contributed by atoms with Crippen molar-refractivity contribution in [2.75, 3.05) is 4.90 Å². The number of hydrogen-bond donors (Lipinski definition) is 0. The van der Waals surface area contributed by atoms with E-state index >= 15 is 0 Å². The fraction of sp³-hybridized carbons (Fsp3) is 0.286. The van der Waals surface area contributed by atoms with E-state index in [1.807, 2.05) is 82.8 Å². The van der Waals surface area contributed by atoms with E-state index in [1.165, 1.54) is 0 Å². The van der Waals surface area contributed by atoms with E-state index in [0.717, 1.165) is 67.9 Å². The minimum atomic E-state index is -0.267. The molecule has 3 heterocycles. The molecule has 6 nitrogen and oxygen atoms in total. The zero-order valence-corrected chi connectivity index (χ0v) is 26.0. The number of amides is 1. The van der Waals surface area contributed by atoms with Crippen molar-refractivity contribution in [3.8, 4) is 5.75 Å². The second-order valence-corrected chi connectivity index (χ2v) is 13.1. The Morgan fingerprint density at radius 3 is 2.65 bits per heavy atom. The molecule has 1 atom stereocenters. The molecule has 8 heteroatoms. The molecule has 0 N–H and O–H groups in total. The Balaban J connectivity index is 1.27. The Morgan fingerprint density at radius 2 is 1.91 bits per heavy atom. The summed E-state index contributed by atoms with van der Waals surface area (Å²) in [6, 6.07) is 24.3. The average Bonchev–Trinajstić information content (AvgIpc) is 3.66. The molecule has 1 aliphatic rings. The van der Waals surface area contributed by atoms with Crippen LogP contribution >= 0.6 is 22.9 Å². The second kappa shape index (κ2) is 13.1. The molecule has 0 fully saturated rings. The Morgan fingerprint density at radius 1 is 1.05 bits per heavy atom. The first-order chi connectivity index (χ1) is 20.9. The van der Waals surface area contributed by atoms with Gasteiger partial charge in [0.2, 0.25) is 5.91 Å². The summed E-state index contributed by atoms with van der Waals surface area (Å²) in [7, 11) is 0. The van der Waals surface area contributed by atoms with E-state index in [1.54, 1.807) is 11.3 Å². The number of halogens is 1. The van der Waals surface area contributed by atoms with Gasteiger partial charge in [-0.05, 0) is 72.2 Å².